The van der Waals surface area contributed by atoms with Crippen molar-refractivity contribution >= 4 is 21.6 Å². The number of nitrogen functional groups attached to an aromatic ring is 1. The number of halogens is 1. The molecule has 0 radical (unpaired) electrons. The first-order valence-corrected chi connectivity index (χ1v) is 5.63. The van der Waals surface area contributed by atoms with Gasteiger partial charge in [0.15, 0.2) is 0 Å². The second kappa shape index (κ2) is 3.83. The Kier molecular flexibility index (Phi) is 2.63. The molecule has 2 rings (SSSR count). The number of nitrogens with zero attached hydrogens (tertiary/aromatic N) is 1. The van der Waals surface area contributed by atoms with Crippen molar-refractivity contribution in [3.8, 4) is 5.69 Å². The lowest BCUT2D eigenvalue weighted by molar-refractivity contribution is 0.829. The van der Waals surface area contributed by atoms with Gasteiger partial charge in [0.2, 0.25) is 0 Å². The Morgan fingerprint density at radius 2 is 2.06 bits per heavy atom. The Morgan fingerprint density at radius 3 is 2.56 bits per heavy atom. The van der Waals surface area contributed by atoms with E-state index in [1.54, 1.807) is 6.92 Å². The highest BCUT2D eigenvalue weighted by atomic mass is 79.9. The fourth-order valence-corrected chi connectivity index (χ4v) is 2.07. The van der Waals surface area contributed by atoms with Crippen molar-refractivity contribution in [1.82, 2.24) is 9.78 Å². The second-order valence-corrected chi connectivity index (χ2v) is 4.64. The molecular formula is C11H12BrN3O. The molecule has 84 valence electrons. The molecule has 0 saturated carbocycles. The molecule has 2 aromatic rings. The van der Waals surface area contributed by atoms with Crippen LogP contribution in [0, 0.1) is 13.8 Å². The van der Waals surface area contributed by atoms with E-state index in [9.17, 15) is 4.79 Å². The van der Waals surface area contributed by atoms with E-state index in [2.05, 4.69) is 21.0 Å². The molecule has 1 heterocycles. The fourth-order valence-electron chi connectivity index (χ4n) is 1.60. The van der Waals surface area contributed by atoms with Gasteiger partial charge in [-0.15, -0.1) is 0 Å². The van der Waals surface area contributed by atoms with Crippen LogP contribution in [-0.2, 0) is 0 Å². The first kappa shape index (κ1) is 11.0. The Morgan fingerprint density at radius 1 is 1.38 bits per heavy atom. The second-order valence-electron chi connectivity index (χ2n) is 3.72. The fraction of sp³-hybridized carbons (Fsp3) is 0.182. The van der Waals surface area contributed by atoms with Crippen molar-refractivity contribution in [3.05, 3.63) is 44.3 Å². The zero-order valence-corrected chi connectivity index (χ0v) is 10.6. The zero-order chi connectivity index (χ0) is 11.9. The van der Waals surface area contributed by atoms with Crippen LogP contribution in [0.3, 0.4) is 0 Å². The van der Waals surface area contributed by atoms with Crippen LogP contribution in [0.5, 0.6) is 0 Å². The van der Waals surface area contributed by atoms with Gasteiger partial charge in [0.1, 0.15) is 5.69 Å². The summed E-state index contributed by atoms with van der Waals surface area (Å²) in [7, 11) is 0. The largest absolute Gasteiger partial charge is 0.393 e. The SMILES string of the molecule is Cc1cc(Br)ccc1-n1[nH]c(C)c(N)c1=O. The van der Waals surface area contributed by atoms with E-state index < -0.39 is 0 Å². The van der Waals surface area contributed by atoms with Crippen LogP contribution in [-0.4, -0.2) is 9.78 Å². The maximum Gasteiger partial charge on any atom is 0.294 e. The maximum absolute atomic E-state index is 11.8. The molecule has 16 heavy (non-hydrogen) atoms. The standard InChI is InChI=1S/C11H12BrN3O/c1-6-5-8(12)3-4-9(6)15-11(16)10(13)7(2)14-15/h3-5,14H,13H2,1-2H3. The van der Waals surface area contributed by atoms with Crippen molar-refractivity contribution in [1.29, 1.82) is 0 Å². The van der Waals surface area contributed by atoms with Gasteiger partial charge in [-0.25, -0.2) is 4.68 Å². The minimum absolute atomic E-state index is 0.206. The van der Waals surface area contributed by atoms with Gasteiger partial charge >= 0.3 is 0 Å². The Hall–Kier alpha value is -1.49. The van der Waals surface area contributed by atoms with E-state index in [-0.39, 0.29) is 11.2 Å². The Labute approximate surface area is 101 Å². The van der Waals surface area contributed by atoms with Crippen LogP contribution in [0.4, 0.5) is 5.69 Å². The quantitative estimate of drug-likeness (QED) is 0.841. The van der Waals surface area contributed by atoms with Crippen LogP contribution in [0.1, 0.15) is 11.3 Å². The number of H-pyrrole nitrogens is 1. The number of hydrogen-bond donors (Lipinski definition) is 2. The van der Waals surface area contributed by atoms with Crippen LogP contribution >= 0.6 is 15.9 Å². The lowest BCUT2D eigenvalue weighted by Gasteiger charge is -2.06. The van der Waals surface area contributed by atoms with Gasteiger partial charge in [0, 0.05) is 4.47 Å². The molecule has 0 atom stereocenters. The summed E-state index contributed by atoms with van der Waals surface area (Å²) in [6.07, 6.45) is 0. The number of aryl methyl sites for hydroxylation is 2. The van der Waals surface area contributed by atoms with Gasteiger partial charge in [0.05, 0.1) is 11.4 Å². The van der Waals surface area contributed by atoms with Gasteiger partial charge < -0.3 is 5.73 Å². The predicted molar refractivity (Wildman–Crippen MR) is 68.0 cm³/mol. The highest BCUT2D eigenvalue weighted by Crippen LogP contribution is 2.18. The molecule has 0 unspecified atom stereocenters. The third-order valence-electron chi connectivity index (χ3n) is 2.52. The molecule has 0 aliphatic heterocycles. The molecule has 0 aliphatic carbocycles. The predicted octanol–water partition coefficient (Wildman–Crippen LogP) is 2.13. The summed E-state index contributed by atoms with van der Waals surface area (Å²) >= 11 is 3.38. The van der Waals surface area contributed by atoms with E-state index in [1.807, 2.05) is 25.1 Å². The van der Waals surface area contributed by atoms with Crippen LogP contribution in [0.2, 0.25) is 0 Å². The lowest BCUT2D eigenvalue weighted by atomic mass is 10.2. The van der Waals surface area contributed by atoms with E-state index in [1.165, 1.54) is 4.68 Å². The highest BCUT2D eigenvalue weighted by Gasteiger charge is 2.10. The van der Waals surface area contributed by atoms with Gasteiger partial charge in [0.25, 0.3) is 5.56 Å². The average molecular weight is 282 g/mol. The molecule has 0 spiro atoms. The summed E-state index contributed by atoms with van der Waals surface area (Å²) in [5.74, 6) is 0. The number of hydrogen-bond acceptors (Lipinski definition) is 2. The number of benzene rings is 1. The highest BCUT2D eigenvalue weighted by molar-refractivity contribution is 9.10. The molecule has 1 aromatic carbocycles. The maximum atomic E-state index is 11.8. The van der Waals surface area contributed by atoms with Crippen LogP contribution in [0.25, 0.3) is 5.69 Å². The van der Waals surface area contributed by atoms with Crippen LogP contribution < -0.4 is 11.3 Å². The number of aromatic amines is 1. The van der Waals surface area contributed by atoms with Crippen molar-refractivity contribution in [3.63, 3.8) is 0 Å². The summed E-state index contributed by atoms with van der Waals surface area (Å²) in [6, 6.07) is 5.71. The normalized spacial score (nSPS) is 10.7. The van der Waals surface area contributed by atoms with Gasteiger partial charge in [-0.05, 0) is 37.6 Å². The first-order valence-electron chi connectivity index (χ1n) is 4.84. The van der Waals surface area contributed by atoms with Crippen molar-refractivity contribution in [2.75, 3.05) is 5.73 Å². The molecule has 0 aliphatic rings. The summed E-state index contributed by atoms with van der Waals surface area (Å²) in [6.45, 7) is 3.72. The monoisotopic (exact) mass is 281 g/mol. The van der Waals surface area contributed by atoms with E-state index >= 15 is 0 Å². The molecule has 0 fully saturated rings. The zero-order valence-electron chi connectivity index (χ0n) is 9.04. The summed E-state index contributed by atoms with van der Waals surface area (Å²) in [5.41, 5.74) is 8.20. The molecule has 3 N–H and O–H groups in total. The molecular weight excluding hydrogens is 270 g/mol. The third-order valence-corrected chi connectivity index (χ3v) is 3.01. The van der Waals surface area contributed by atoms with Crippen molar-refractivity contribution in [2.24, 2.45) is 0 Å². The minimum Gasteiger partial charge on any atom is -0.393 e. The number of nitrogens with one attached hydrogen (secondary N) is 1. The number of nitrogens with two attached hydrogens (primary N) is 1. The average Bonchev–Trinajstić information content (AvgIpc) is 2.46. The van der Waals surface area contributed by atoms with Crippen molar-refractivity contribution < 1.29 is 0 Å². The molecule has 1 aromatic heterocycles. The molecule has 0 amide bonds. The number of anilines is 1. The van der Waals surface area contributed by atoms with Crippen LogP contribution in [0.15, 0.2) is 27.5 Å². The summed E-state index contributed by atoms with van der Waals surface area (Å²) in [5, 5.41) is 2.95. The smallest absolute Gasteiger partial charge is 0.294 e. The summed E-state index contributed by atoms with van der Waals surface area (Å²) in [4.78, 5) is 11.8. The lowest BCUT2D eigenvalue weighted by Crippen LogP contribution is -2.17. The third kappa shape index (κ3) is 1.67. The number of rotatable bonds is 1. The van der Waals surface area contributed by atoms with E-state index in [0.717, 1.165) is 15.7 Å². The molecule has 0 saturated heterocycles. The number of aromatic nitrogens is 2. The van der Waals surface area contributed by atoms with Gasteiger partial charge in [-0.2, -0.15) is 0 Å². The Bertz CT molecular complexity index is 598. The van der Waals surface area contributed by atoms with Gasteiger partial charge in [-0.3, -0.25) is 9.89 Å². The first-order chi connectivity index (χ1) is 7.50. The van der Waals surface area contributed by atoms with E-state index in [4.69, 9.17) is 5.73 Å². The summed E-state index contributed by atoms with van der Waals surface area (Å²) < 4.78 is 2.45. The molecule has 4 nitrogen and oxygen atoms in total. The minimum atomic E-state index is -0.206. The topological polar surface area (TPSA) is 63.8 Å². The molecule has 5 heteroatoms. The van der Waals surface area contributed by atoms with Crippen molar-refractivity contribution in [2.45, 2.75) is 13.8 Å². The molecule has 0 bridgehead atoms. The van der Waals surface area contributed by atoms with E-state index in [0.29, 0.717) is 5.69 Å². The Balaban J connectivity index is 2.68. The van der Waals surface area contributed by atoms with Gasteiger partial charge in [-0.1, -0.05) is 15.9 Å².